The summed E-state index contributed by atoms with van der Waals surface area (Å²) in [6.45, 7) is 6.46. The molecule has 0 N–H and O–H groups in total. The highest BCUT2D eigenvalue weighted by Crippen LogP contribution is 2.36. The average molecular weight is 270 g/mol. The van der Waals surface area contributed by atoms with Crippen LogP contribution in [0, 0.1) is 0 Å². The van der Waals surface area contributed by atoms with Gasteiger partial charge in [-0.3, -0.25) is 4.79 Å². The molecule has 0 spiro atoms. The fourth-order valence-corrected chi connectivity index (χ4v) is 2.94. The molecule has 0 fully saturated rings. The second-order valence-corrected chi connectivity index (χ2v) is 7.32. The molecule has 98 valence electrons. The maximum atomic E-state index is 11.1. The van der Waals surface area contributed by atoms with Crippen molar-refractivity contribution in [3.8, 4) is 11.1 Å². The maximum Gasteiger partial charge on any atom is 0.151 e. The highest BCUT2D eigenvalue weighted by Gasteiger charge is 2.15. The summed E-state index contributed by atoms with van der Waals surface area (Å²) in [5, 5.41) is 0. The second-order valence-electron chi connectivity index (χ2n) is 5.45. The third-order valence-electron chi connectivity index (χ3n) is 2.66. The Bertz CT molecular complexity index is 568. The average Bonchev–Trinajstić information content (AvgIpc) is 2.38. The molecule has 0 aliphatic carbocycles. The van der Waals surface area contributed by atoms with Crippen molar-refractivity contribution < 1.29 is 4.79 Å². The molecule has 2 rings (SSSR count). The van der Waals surface area contributed by atoms with Crippen molar-refractivity contribution in [2.75, 3.05) is 0 Å². The molecule has 0 atom stereocenters. The summed E-state index contributed by atoms with van der Waals surface area (Å²) in [6, 6.07) is 16.3. The summed E-state index contributed by atoms with van der Waals surface area (Å²) in [5.74, 6) is 0. The van der Waals surface area contributed by atoms with Crippen LogP contribution in [0.15, 0.2) is 53.4 Å². The van der Waals surface area contributed by atoms with Gasteiger partial charge in [0.05, 0.1) is 0 Å². The van der Waals surface area contributed by atoms with Crippen molar-refractivity contribution in [1.82, 2.24) is 0 Å². The highest BCUT2D eigenvalue weighted by atomic mass is 32.2. The number of aldehydes is 1. The Labute approximate surface area is 119 Å². The lowest BCUT2D eigenvalue weighted by Gasteiger charge is -2.19. The predicted molar refractivity (Wildman–Crippen MR) is 82.9 cm³/mol. The van der Waals surface area contributed by atoms with Crippen LogP contribution in [0.25, 0.3) is 11.1 Å². The molecule has 0 saturated heterocycles. The van der Waals surface area contributed by atoms with E-state index in [1.54, 1.807) is 11.8 Å². The van der Waals surface area contributed by atoms with Gasteiger partial charge in [-0.1, -0.05) is 57.2 Å². The SMILES string of the molecule is CC(C)(C)Sc1cc(-c2ccccc2)ccc1C=O. The number of thioether (sulfide) groups is 1. The van der Waals surface area contributed by atoms with E-state index in [0.717, 1.165) is 22.3 Å². The van der Waals surface area contributed by atoms with Crippen molar-refractivity contribution in [2.24, 2.45) is 0 Å². The zero-order chi connectivity index (χ0) is 13.9. The Morgan fingerprint density at radius 3 is 2.21 bits per heavy atom. The van der Waals surface area contributed by atoms with Gasteiger partial charge in [-0.25, -0.2) is 0 Å². The van der Waals surface area contributed by atoms with Crippen LogP contribution in [-0.4, -0.2) is 11.0 Å². The molecule has 0 aromatic heterocycles. The van der Waals surface area contributed by atoms with E-state index in [1.165, 1.54) is 5.56 Å². The first kappa shape index (κ1) is 13.9. The van der Waals surface area contributed by atoms with E-state index in [1.807, 2.05) is 30.3 Å². The molecule has 0 bridgehead atoms. The first-order valence-corrected chi connectivity index (χ1v) is 7.15. The van der Waals surface area contributed by atoms with E-state index in [-0.39, 0.29) is 4.75 Å². The fourth-order valence-electron chi connectivity index (χ4n) is 1.86. The zero-order valence-corrected chi connectivity index (χ0v) is 12.3. The van der Waals surface area contributed by atoms with Crippen LogP contribution in [0.5, 0.6) is 0 Å². The van der Waals surface area contributed by atoms with Crippen LogP contribution in [0.3, 0.4) is 0 Å². The van der Waals surface area contributed by atoms with Crippen LogP contribution < -0.4 is 0 Å². The van der Waals surface area contributed by atoms with E-state index in [2.05, 4.69) is 39.0 Å². The monoisotopic (exact) mass is 270 g/mol. The summed E-state index contributed by atoms with van der Waals surface area (Å²) in [6.07, 6.45) is 0.933. The third-order valence-corrected chi connectivity index (χ3v) is 3.85. The summed E-state index contributed by atoms with van der Waals surface area (Å²) in [4.78, 5) is 12.2. The predicted octanol–water partition coefficient (Wildman–Crippen LogP) is 5.06. The number of hydrogen-bond donors (Lipinski definition) is 0. The molecule has 2 aromatic rings. The van der Waals surface area contributed by atoms with Crippen LogP contribution in [0.4, 0.5) is 0 Å². The van der Waals surface area contributed by atoms with Gasteiger partial charge in [-0.2, -0.15) is 0 Å². The lowest BCUT2D eigenvalue weighted by atomic mass is 10.0. The quantitative estimate of drug-likeness (QED) is 0.573. The lowest BCUT2D eigenvalue weighted by Crippen LogP contribution is -2.07. The van der Waals surface area contributed by atoms with Crippen LogP contribution >= 0.6 is 11.8 Å². The standard InChI is InChI=1S/C17H18OS/c1-17(2,3)19-16-11-14(9-10-15(16)12-18)13-7-5-4-6-8-13/h4-12H,1-3H3. The summed E-state index contributed by atoms with van der Waals surface area (Å²) in [7, 11) is 0. The molecule has 1 nitrogen and oxygen atoms in total. The molecule has 2 heteroatoms. The van der Waals surface area contributed by atoms with E-state index < -0.39 is 0 Å². The van der Waals surface area contributed by atoms with E-state index in [4.69, 9.17) is 0 Å². The van der Waals surface area contributed by atoms with E-state index in [0.29, 0.717) is 0 Å². The molecule has 0 saturated carbocycles. The molecule has 0 aliphatic rings. The minimum atomic E-state index is 0.0903. The maximum absolute atomic E-state index is 11.1. The zero-order valence-electron chi connectivity index (χ0n) is 11.5. The summed E-state index contributed by atoms with van der Waals surface area (Å²) >= 11 is 1.73. The van der Waals surface area contributed by atoms with Crippen molar-refractivity contribution >= 4 is 18.0 Å². The van der Waals surface area contributed by atoms with Gasteiger partial charge in [-0.05, 0) is 23.3 Å². The minimum absolute atomic E-state index is 0.0903. The molecule has 0 unspecified atom stereocenters. The largest absolute Gasteiger partial charge is 0.298 e. The highest BCUT2D eigenvalue weighted by molar-refractivity contribution is 8.00. The topological polar surface area (TPSA) is 17.1 Å². The van der Waals surface area contributed by atoms with Crippen molar-refractivity contribution in [2.45, 2.75) is 30.4 Å². The van der Waals surface area contributed by atoms with Crippen molar-refractivity contribution in [3.05, 3.63) is 54.1 Å². The smallest absolute Gasteiger partial charge is 0.151 e. The van der Waals surface area contributed by atoms with Gasteiger partial charge < -0.3 is 0 Å². The minimum Gasteiger partial charge on any atom is -0.298 e. The second kappa shape index (κ2) is 5.62. The van der Waals surface area contributed by atoms with Gasteiger partial charge in [0, 0.05) is 15.2 Å². The lowest BCUT2D eigenvalue weighted by molar-refractivity contribution is 0.112. The molecule has 19 heavy (non-hydrogen) atoms. The first-order chi connectivity index (χ1) is 8.99. The fraction of sp³-hybridized carbons (Fsp3) is 0.235. The van der Waals surface area contributed by atoms with Crippen molar-refractivity contribution in [3.63, 3.8) is 0 Å². The Morgan fingerprint density at radius 1 is 0.947 bits per heavy atom. The third kappa shape index (κ3) is 3.71. The molecule has 0 aliphatic heterocycles. The van der Waals surface area contributed by atoms with Gasteiger partial charge in [0.25, 0.3) is 0 Å². The number of benzene rings is 2. The Hall–Kier alpha value is -1.54. The van der Waals surface area contributed by atoms with Crippen LogP contribution in [0.1, 0.15) is 31.1 Å². The van der Waals surface area contributed by atoms with E-state index >= 15 is 0 Å². The summed E-state index contributed by atoms with van der Waals surface area (Å²) in [5.41, 5.74) is 3.09. The van der Waals surface area contributed by atoms with Gasteiger partial charge in [-0.15, -0.1) is 11.8 Å². The Balaban J connectivity index is 2.44. The van der Waals surface area contributed by atoms with Gasteiger partial charge >= 0.3 is 0 Å². The van der Waals surface area contributed by atoms with Gasteiger partial charge in [0.2, 0.25) is 0 Å². The van der Waals surface area contributed by atoms with Crippen molar-refractivity contribution in [1.29, 1.82) is 0 Å². The normalized spacial score (nSPS) is 11.3. The Kier molecular flexibility index (Phi) is 4.11. The number of rotatable bonds is 3. The van der Waals surface area contributed by atoms with E-state index in [9.17, 15) is 4.79 Å². The molecular formula is C17H18OS. The van der Waals surface area contributed by atoms with Crippen LogP contribution in [-0.2, 0) is 0 Å². The van der Waals surface area contributed by atoms with Gasteiger partial charge in [0.1, 0.15) is 0 Å². The van der Waals surface area contributed by atoms with Gasteiger partial charge in [0.15, 0.2) is 6.29 Å². The first-order valence-electron chi connectivity index (χ1n) is 6.33. The number of carbonyl (C=O) groups excluding carboxylic acids is 1. The number of hydrogen-bond acceptors (Lipinski definition) is 2. The van der Waals surface area contributed by atoms with Crippen LogP contribution in [0.2, 0.25) is 0 Å². The molecule has 0 amide bonds. The molecule has 0 radical (unpaired) electrons. The Morgan fingerprint density at radius 2 is 1.63 bits per heavy atom. The molecule has 0 heterocycles. The number of carbonyl (C=O) groups is 1. The molecule has 2 aromatic carbocycles. The summed E-state index contributed by atoms with van der Waals surface area (Å²) < 4.78 is 0.0903. The molecular weight excluding hydrogens is 252 g/mol.